The lowest BCUT2D eigenvalue weighted by Crippen LogP contribution is -2.45. The number of aryl methyl sites for hydroxylation is 1. The third kappa shape index (κ3) is 6.10. The monoisotopic (exact) mass is 578 g/mol. The number of nitrogen functional groups attached to an aromatic ring is 1. The topological polar surface area (TPSA) is 140 Å². The Balaban J connectivity index is 1.47. The van der Waals surface area contributed by atoms with Gasteiger partial charge in [-0.15, -0.1) is 0 Å². The number of carbonyl (C=O) groups is 2. The van der Waals surface area contributed by atoms with Crippen LogP contribution in [0.15, 0.2) is 54.9 Å². The first-order valence-corrected chi connectivity index (χ1v) is 13.3. The van der Waals surface area contributed by atoms with Crippen LogP contribution in [0.1, 0.15) is 41.8 Å². The molecule has 5 rings (SSSR count). The highest BCUT2D eigenvalue weighted by Gasteiger charge is 2.31. The summed E-state index contributed by atoms with van der Waals surface area (Å²) in [4.78, 5) is 33.4. The van der Waals surface area contributed by atoms with Crippen LogP contribution in [0, 0.1) is 0 Å². The first-order valence-electron chi connectivity index (χ1n) is 13.3. The normalized spacial score (nSPS) is 18.8. The molecule has 2 amide bonds. The highest BCUT2D eigenvalue weighted by molar-refractivity contribution is 6.06. The second-order valence-electron chi connectivity index (χ2n) is 10.1. The highest BCUT2D eigenvalue weighted by Crippen LogP contribution is 2.34. The predicted molar refractivity (Wildman–Crippen MR) is 153 cm³/mol. The van der Waals surface area contributed by atoms with Gasteiger partial charge >= 0.3 is 6.18 Å². The molecule has 0 saturated carbocycles. The maximum atomic E-state index is 13.0. The average molecular weight is 579 g/mol. The zero-order chi connectivity index (χ0) is 30.0. The molecule has 0 radical (unpaired) electrons. The van der Waals surface area contributed by atoms with E-state index in [0.29, 0.717) is 42.0 Å². The summed E-state index contributed by atoms with van der Waals surface area (Å²) in [6.07, 6.45) is 2.54. The zero-order valence-electron chi connectivity index (χ0n) is 22.9. The van der Waals surface area contributed by atoms with Gasteiger partial charge in [0, 0.05) is 48.2 Å². The molecule has 0 fully saturated rings. The number of anilines is 2. The number of nitrogens with two attached hydrogens (primary N) is 1. The molecule has 0 unspecified atom stereocenters. The third-order valence-electron chi connectivity index (χ3n) is 6.97. The van der Waals surface area contributed by atoms with Crippen LogP contribution in [0.5, 0.6) is 0 Å². The largest absolute Gasteiger partial charge is 0.416 e. The van der Waals surface area contributed by atoms with E-state index in [-0.39, 0.29) is 29.4 Å². The van der Waals surface area contributed by atoms with Gasteiger partial charge in [0.1, 0.15) is 17.3 Å². The summed E-state index contributed by atoms with van der Waals surface area (Å²) < 4.78 is 40.9. The van der Waals surface area contributed by atoms with Gasteiger partial charge in [0.15, 0.2) is 0 Å². The molecule has 0 bridgehead atoms. The number of hydrogen-bond donors (Lipinski definition) is 4. The first-order chi connectivity index (χ1) is 20.0. The first kappa shape index (κ1) is 28.7. The number of halogens is 3. The van der Waals surface area contributed by atoms with Crippen molar-refractivity contribution < 1.29 is 22.8 Å². The second kappa shape index (κ2) is 11.6. The second-order valence-corrected chi connectivity index (χ2v) is 10.1. The fourth-order valence-electron chi connectivity index (χ4n) is 4.67. The average Bonchev–Trinajstić information content (AvgIpc) is 3.35. The minimum atomic E-state index is -4.56. The number of hydrogen-bond acceptors (Lipinski definition) is 7. The van der Waals surface area contributed by atoms with E-state index in [9.17, 15) is 22.8 Å². The summed E-state index contributed by atoms with van der Waals surface area (Å²) in [6.45, 7) is 4.71. The summed E-state index contributed by atoms with van der Waals surface area (Å²) in [6, 6.07) is 7.63. The van der Waals surface area contributed by atoms with Crippen LogP contribution < -0.4 is 21.7 Å². The summed E-state index contributed by atoms with van der Waals surface area (Å²) >= 11 is 0. The van der Waals surface area contributed by atoms with E-state index >= 15 is 0 Å². The van der Waals surface area contributed by atoms with Crippen LogP contribution in [0.2, 0.25) is 0 Å². The number of pyridine rings is 2. The summed E-state index contributed by atoms with van der Waals surface area (Å²) in [5, 5.41) is 14.1. The van der Waals surface area contributed by atoms with Crippen LogP contribution in [-0.2, 0) is 17.5 Å². The molecule has 1 aromatic carbocycles. The van der Waals surface area contributed by atoms with E-state index in [0.717, 1.165) is 29.4 Å². The van der Waals surface area contributed by atoms with Crippen molar-refractivity contribution in [3.05, 3.63) is 71.6 Å². The van der Waals surface area contributed by atoms with Crippen molar-refractivity contribution in [3.63, 3.8) is 0 Å². The SMILES string of the molecule is C[C@@H]1CCn2nc(-c3ccc(C(=O)Nc4cc(C(F)(F)F)ccn4)cc3)c3c(N)ncc(c32)/C=C/CN[C@H](C)C(=O)N1. The van der Waals surface area contributed by atoms with Gasteiger partial charge in [-0.1, -0.05) is 24.3 Å². The number of amides is 2. The number of nitrogens with zero attached hydrogens (tertiary/aromatic N) is 4. The summed E-state index contributed by atoms with van der Waals surface area (Å²) in [5.41, 5.74) is 8.49. The fraction of sp³-hybridized carbons (Fsp3) is 0.276. The van der Waals surface area contributed by atoms with E-state index < -0.39 is 17.6 Å². The van der Waals surface area contributed by atoms with Gasteiger partial charge in [-0.2, -0.15) is 18.3 Å². The van der Waals surface area contributed by atoms with Crippen LogP contribution >= 0.6 is 0 Å². The van der Waals surface area contributed by atoms with Crippen molar-refractivity contribution in [1.82, 2.24) is 30.4 Å². The van der Waals surface area contributed by atoms with E-state index in [1.807, 2.05) is 30.7 Å². The Morgan fingerprint density at radius 1 is 1.14 bits per heavy atom. The number of rotatable bonds is 3. The van der Waals surface area contributed by atoms with Gasteiger partial charge in [-0.05, 0) is 44.5 Å². The Kier molecular flexibility index (Phi) is 7.94. The maximum absolute atomic E-state index is 13.0. The maximum Gasteiger partial charge on any atom is 0.416 e. The fourth-order valence-corrected chi connectivity index (χ4v) is 4.67. The molecule has 0 aliphatic carbocycles. The number of nitrogens with one attached hydrogen (secondary N) is 3. The predicted octanol–water partition coefficient (Wildman–Crippen LogP) is 4.25. The van der Waals surface area contributed by atoms with Crippen molar-refractivity contribution in [2.45, 2.75) is 45.1 Å². The highest BCUT2D eigenvalue weighted by atomic mass is 19.4. The van der Waals surface area contributed by atoms with Crippen molar-refractivity contribution in [3.8, 4) is 11.3 Å². The number of aromatic nitrogens is 4. The van der Waals surface area contributed by atoms with Gasteiger partial charge in [0.2, 0.25) is 5.91 Å². The lowest BCUT2D eigenvalue weighted by atomic mass is 10.0. The molecule has 0 saturated heterocycles. The molecule has 218 valence electrons. The number of carbonyl (C=O) groups excluding carboxylic acids is 2. The minimum Gasteiger partial charge on any atom is -0.383 e. The molecule has 1 aliphatic rings. The molecule has 1 aliphatic heterocycles. The number of alkyl halides is 3. The summed E-state index contributed by atoms with van der Waals surface area (Å²) in [7, 11) is 0. The molecule has 13 heteroatoms. The molecule has 10 nitrogen and oxygen atoms in total. The molecular formula is C29H29F3N8O2. The Labute approximate surface area is 239 Å². The molecule has 4 aromatic rings. The van der Waals surface area contributed by atoms with Gasteiger partial charge in [0.05, 0.1) is 22.5 Å². The molecule has 2 atom stereocenters. The lowest BCUT2D eigenvalue weighted by Gasteiger charge is -2.18. The van der Waals surface area contributed by atoms with E-state index in [2.05, 4.69) is 25.9 Å². The Bertz CT molecular complexity index is 1660. The van der Waals surface area contributed by atoms with E-state index in [1.54, 1.807) is 30.5 Å². The van der Waals surface area contributed by atoms with E-state index in [1.165, 1.54) is 0 Å². The van der Waals surface area contributed by atoms with Crippen LogP contribution in [0.25, 0.3) is 28.2 Å². The zero-order valence-corrected chi connectivity index (χ0v) is 22.9. The molecule has 0 spiro atoms. The standard InChI is InChI=1S/C29H29F3N8O2/c1-16-10-13-40-25-20(4-3-11-34-17(2)27(41)37-16)15-36-26(33)23(25)24(39-40)18-5-7-19(8-6-18)28(42)38-22-14-21(9-12-35-22)29(30,31)32/h3-9,12,14-17,34H,10-11,13H2,1-2H3,(H2,33,36)(H,37,41)(H,35,38,42)/b4-3+/t16-,17-/m1/s1. The van der Waals surface area contributed by atoms with Crippen molar-refractivity contribution in [2.24, 2.45) is 0 Å². The quantitative estimate of drug-likeness (QED) is 0.285. The molecule has 42 heavy (non-hydrogen) atoms. The number of benzene rings is 1. The molecular weight excluding hydrogens is 549 g/mol. The smallest absolute Gasteiger partial charge is 0.383 e. The Hall–Kier alpha value is -4.78. The molecule has 3 aromatic heterocycles. The Morgan fingerprint density at radius 2 is 1.90 bits per heavy atom. The van der Waals surface area contributed by atoms with Crippen LogP contribution in [-0.4, -0.2) is 50.2 Å². The lowest BCUT2D eigenvalue weighted by molar-refractivity contribution is -0.137. The van der Waals surface area contributed by atoms with Crippen molar-refractivity contribution >= 4 is 40.4 Å². The van der Waals surface area contributed by atoms with Crippen molar-refractivity contribution in [2.75, 3.05) is 17.6 Å². The molecule has 4 heterocycles. The van der Waals surface area contributed by atoms with Gasteiger partial charge < -0.3 is 21.7 Å². The summed E-state index contributed by atoms with van der Waals surface area (Å²) in [5.74, 6) is -0.619. The minimum absolute atomic E-state index is 0.0853. The van der Waals surface area contributed by atoms with Crippen molar-refractivity contribution in [1.29, 1.82) is 0 Å². The van der Waals surface area contributed by atoms with Crippen LogP contribution in [0.4, 0.5) is 24.8 Å². The Morgan fingerprint density at radius 3 is 2.64 bits per heavy atom. The van der Waals surface area contributed by atoms with Gasteiger partial charge in [0.25, 0.3) is 5.91 Å². The third-order valence-corrected chi connectivity index (χ3v) is 6.97. The van der Waals surface area contributed by atoms with Gasteiger partial charge in [-0.25, -0.2) is 9.97 Å². The van der Waals surface area contributed by atoms with Crippen LogP contribution in [0.3, 0.4) is 0 Å². The molecule has 5 N–H and O–H groups in total. The van der Waals surface area contributed by atoms with Gasteiger partial charge in [-0.3, -0.25) is 14.3 Å². The van der Waals surface area contributed by atoms with E-state index in [4.69, 9.17) is 10.8 Å².